The Kier molecular flexibility index (Phi) is 9.37. The maximum Gasteiger partial charge on any atom is 0.573 e. The number of alkyl halides is 3. The number of anilines is 1. The highest BCUT2D eigenvalue weighted by atomic mass is 32.2. The molecule has 0 aliphatic carbocycles. The van der Waals surface area contributed by atoms with E-state index in [0.29, 0.717) is 33.2 Å². The summed E-state index contributed by atoms with van der Waals surface area (Å²) in [6, 6.07) is 17.4. The number of thioether (sulfide) groups is 1. The molecule has 10 nitrogen and oxygen atoms in total. The molecule has 1 N–H and O–H groups in total. The van der Waals surface area contributed by atoms with Gasteiger partial charge in [-0.1, -0.05) is 56.3 Å². The molecular formula is C32H28F3N7O3S. The summed E-state index contributed by atoms with van der Waals surface area (Å²) in [5, 5.41) is 8.62. The molecular weight excluding hydrogens is 619 g/mol. The average molecular weight is 648 g/mol. The predicted octanol–water partition coefficient (Wildman–Crippen LogP) is 7.35. The van der Waals surface area contributed by atoms with Gasteiger partial charge in [0.2, 0.25) is 0 Å². The van der Waals surface area contributed by atoms with E-state index in [0.717, 1.165) is 22.9 Å². The van der Waals surface area contributed by atoms with E-state index in [1.165, 1.54) is 46.4 Å². The van der Waals surface area contributed by atoms with Crippen LogP contribution in [0.5, 0.6) is 5.75 Å². The number of aliphatic imine (C=N–C) groups is 1. The smallest absolute Gasteiger partial charge is 0.406 e. The predicted molar refractivity (Wildman–Crippen MR) is 171 cm³/mol. The van der Waals surface area contributed by atoms with Crippen molar-refractivity contribution in [3.63, 3.8) is 0 Å². The van der Waals surface area contributed by atoms with Gasteiger partial charge in [-0.25, -0.2) is 19.9 Å². The van der Waals surface area contributed by atoms with Crippen LogP contribution >= 0.6 is 11.8 Å². The third kappa shape index (κ3) is 7.51. The number of hydrazone groups is 1. The normalized spacial score (nSPS) is 15.5. The van der Waals surface area contributed by atoms with Crippen LogP contribution in [0.4, 0.5) is 23.7 Å². The van der Waals surface area contributed by atoms with Gasteiger partial charge in [-0.15, -0.1) is 18.3 Å². The minimum absolute atomic E-state index is 0.142. The number of aryl methyl sites for hydroxylation is 1. The van der Waals surface area contributed by atoms with Crippen LogP contribution in [-0.4, -0.2) is 44.4 Å². The number of nitrogens with zero attached hydrogens (tertiary/aromatic N) is 6. The molecule has 0 bridgehead atoms. The lowest BCUT2D eigenvalue weighted by atomic mass is 9.98. The summed E-state index contributed by atoms with van der Waals surface area (Å²) in [5.74, 6) is -0.0469. The van der Waals surface area contributed by atoms with Crippen molar-refractivity contribution in [3.8, 4) is 22.8 Å². The largest absolute Gasteiger partial charge is 0.573 e. The van der Waals surface area contributed by atoms with Gasteiger partial charge in [-0.05, 0) is 78.5 Å². The van der Waals surface area contributed by atoms with E-state index in [4.69, 9.17) is 0 Å². The summed E-state index contributed by atoms with van der Waals surface area (Å²) in [5.41, 5.74) is 6.86. The van der Waals surface area contributed by atoms with Crippen LogP contribution < -0.4 is 15.1 Å². The SMILES string of the molecule is C/C=C1\S/C(=N\C(=O)N/N=C/c2ccc(-c3ncn(-c4ccc(OC(F)(F)F)cc4)n3)cc2)N(c2cc(C)ccc2C(C)C)C1=O. The average Bonchev–Trinajstić information content (AvgIpc) is 3.61. The number of amides is 3. The van der Waals surface area contributed by atoms with E-state index >= 15 is 0 Å². The third-order valence-electron chi connectivity index (χ3n) is 6.68. The number of benzene rings is 3. The second-order valence-corrected chi connectivity index (χ2v) is 11.4. The zero-order chi connectivity index (χ0) is 33.0. The topological polar surface area (TPSA) is 114 Å². The van der Waals surface area contributed by atoms with Crippen molar-refractivity contribution in [1.82, 2.24) is 20.2 Å². The van der Waals surface area contributed by atoms with E-state index < -0.39 is 12.4 Å². The minimum atomic E-state index is -4.77. The number of amidine groups is 1. The summed E-state index contributed by atoms with van der Waals surface area (Å²) in [6.45, 7) is 7.77. The number of ether oxygens (including phenoxy) is 1. The number of urea groups is 1. The van der Waals surface area contributed by atoms with Gasteiger partial charge in [-0.2, -0.15) is 10.1 Å². The van der Waals surface area contributed by atoms with Gasteiger partial charge in [0.25, 0.3) is 5.91 Å². The molecule has 4 aromatic rings. The molecule has 0 unspecified atom stereocenters. The van der Waals surface area contributed by atoms with Crippen LogP contribution in [0.15, 0.2) is 94.1 Å². The van der Waals surface area contributed by atoms with E-state index in [9.17, 15) is 22.8 Å². The summed E-state index contributed by atoms with van der Waals surface area (Å²) in [7, 11) is 0. The number of hydrogen-bond donors (Lipinski definition) is 1. The van der Waals surface area contributed by atoms with Crippen LogP contribution in [0.1, 0.15) is 43.4 Å². The van der Waals surface area contributed by atoms with Gasteiger partial charge in [0.1, 0.15) is 12.1 Å². The molecule has 1 aliphatic heterocycles. The lowest BCUT2D eigenvalue weighted by Gasteiger charge is -2.21. The molecule has 3 amide bonds. The molecule has 14 heteroatoms. The molecule has 1 saturated heterocycles. The van der Waals surface area contributed by atoms with Crippen molar-refractivity contribution in [2.45, 2.75) is 40.0 Å². The van der Waals surface area contributed by atoms with Crippen LogP contribution in [0, 0.1) is 6.92 Å². The van der Waals surface area contributed by atoms with Crippen LogP contribution in [0.25, 0.3) is 17.1 Å². The molecule has 0 atom stereocenters. The molecule has 1 aromatic heterocycles. The highest BCUT2D eigenvalue weighted by molar-refractivity contribution is 8.19. The minimum Gasteiger partial charge on any atom is -0.406 e. The van der Waals surface area contributed by atoms with Gasteiger partial charge >= 0.3 is 12.4 Å². The maximum atomic E-state index is 13.2. The number of nitrogens with one attached hydrogen (secondary N) is 1. The summed E-state index contributed by atoms with van der Waals surface area (Å²) in [4.78, 5) is 36.3. The quantitative estimate of drug-likeness (QED) is 0.128. The van der Waals surface area contributed by atoms with Crippen LogP contribution in [-0.2, 0) is 4.79 Å². The van der Waals surface area contributed by atoms with Crippen molar-refractivity contribution < 1.29 is 27.5 Å². The number of halogens is 3. The zero-order valence-electron chi connectivity index (χ0n) is 25.1. The molecule has 1 aliphatic rings. The molecule has 1 fully saturated rings. The monoisotopic (exact) mass is 647 g/mol. The highest BCUT2D eigenvalue weighted by Gasteiger charge is 2.36. The first-order valence-corrected chi connectivity index (χ1v) is 14.8. The van der Waals surface area contributed by atoms with E-state index in [-0.39, 0.29) is 22.7 Å². The Labute approximate surface area is 266 Å². The van der Waals surface area contributed by atoms with E-state index in [1.54, 1.807) is 37.3 Å². The van der Waals surface area contributed by atoms with Gasteiger partial charge < -0.3 is 4.74 Å². The first-order valence-electron chi connectivity index (χ1n) is 14.0. The number of carbonyl (C=O) groups is 2. The summed E-state index contributed by atoms with van der Waals surface area (Å²) >= 11 is 1.12. The first kappa shape index (κ1) is 32.2. The molecule has 3 aromatic carbocycles. The molecule has 5 rings (SSSR count). The molecule has 2 heterocycles. The Morgan fingerprint density at radius 2 is 1.78 bits per heavy atom. The fraction of sp³-hybridized carbons (Fsp3) is 0.188. The second kappa shape index (κ2) is 13.4. The second-order valence-electron chi connectivity index (χ2n) is 10.4. The highest BCUT2D eigenvalue weighted by Crippen LogP contribution is 2.38. The summed E-state index contributed by atoms with van der Waals surface area (Å²) in [6.07, 6.45) is -0.187. The molecule has 0 spiro atoms. The maximum absolute atomic E-state index is 13.2. The number of carbonyl (C=O) groups excluding carboxylic acids is 2. The first-order chi connectivity index (χ1) is 21.9. The fourth-order valence-corrected chi connectivity index (χ4v) is 5.39. The van der Waals surface area contributed by atoms with Gasteiger partial charge in [0, 0.05) is 5.56 Å². The molecule has 0 radical (unpaired) electrons. The number of allylic oxidation sites excluding steroid dienone is 1. The standard InChI is InChI=1S/C32H28F3N7O3S/c1-5-27-29(43)42(26-16-20(4)6-15-25(26)19(2)3)31(46-27)38-30(44)39-37-17-21-7-9-22(10-8-21)28-36-18-41(40-28)23-11-13-24(14-12-23)45-32(33,34)35/h5-19H,1-4H3,(H,39,44)/b27-5-,37-17+,38-31-. The molecule has 0 saturated carbocycles. The number of rotatable bonds is 7. The van der Waals surface area contributed by atoms with Crippen molar-refractivity contribution in [1.29, 1.82) is 0 Å². The van der Waals surface area contributed by atoms with Crippen molar-refractivity contribution in [3.05, 3.63) is 101 Å². The third-order valence-corrected chi connectivity index (χ3v) is 7.77. The zero-order valence-corrected chi connectivity index (χ0v) is 25.9. The molecule has 46 heavy (non-hydrogen) atoms. The van der Waals surface area contributed by atoms with Crippen LogP contribution in [0.3, 0.4) is 0 Å². The molecule has 236 valence electrons. The van der Waals surface area contributed by atoms with Crippen molar-refractivity contribution >= 4 is 40.8 Å². The summed E-state index contributed by atoms with van der Waals surface area (Å²) < 4.78 is 42.6. The van der Waals surface area contributed by atoms with Crippen LogP contribution in [0.2, 0.25) is 0 Å². The number of aromatic nitrogens is 3. The van der Waals surface area contributed by atoms with E-state index in [2.05, 4.69) is 30.3 Å². The Balaban J connectivity index is 1.25. The van der Waals surface area contributed by atoms with Gasteiger partial charge in [0.15, 0.2) is 11.0 Å². The van der Waals surface area contributed by atoms with E-state index in [1.807, 2.05) is 39.0 Å². The lowest BCUT2D eigenvalue weighted by molar-refractivity contribution is -0.274. The lowest BCUT2D eigenvalue weighted by Crippen LogP contribution is -2.31. The van der Waals surface area contributed by atoms with Gasteiger partial charge in [-0.3, -0.25) is 9.69 Å². The van der Waals surface area contributed by atoms with Crippen molar-refractivity contribution in [2.24, 2.45) is 10.1 Å². The fourth-order valence-electron chi connectivity index (χ4n) is 4.50. The Morgan fingerprint density at radius 1 is 1.07 bits per heavy atom. The van der Waals surface area contributed by atoms with Crippen molar-refractivity contribution in [2.75, 3.05) is 4.90 Å². The van der Waals surface area contributed by atoms with Gasteiger partial charge in [0.05, 0.1) is 22.5 Å². The Morgan fingerprint density at radius 3 is 2.43 bits per heavy atom. The Bertz CT molecular complexity index is 1850. The Hall–Kier alpha value is -5.24. The number of hydrogen-bond acceptors (Lipinski definition) is 7.